The SMILES string of the molecule is CCCc1oc(CCCCCCCCC(=O)O[C@H](COC(=O)CCC/C=C\C/C=C\C/C=C\C/C=C\CC[C@@H](O)CC)COP(=O)([O-])OCC[N+](C)(C)C)c(C)c1C. The van der Waals surface area contributed by atoms with E-state index in [-0.39, 0.29) is 32.2 Å². The minimum Gasteiger partial charge on any atom is -0.756 e. The van der Waals surface area contributed by atoms with Crippen molar-refractivity contribution in [2.45, 2.75) is 162 Å². The lowest BCUT2D eigenvalue weighted by Gasteiger charge is -2.28. The van der Waals surface area contributed by atoms with Gasteiger partial charge < -0.3 is 37.4 Å². The molecule has 1 aromatic heterocycles. The Hall–Kier alpha value is -2.79. The van der Waals surface area contributed by atoms with Gasteiger partial charge in [-0.2, -0.15) is 0 Å². The summed E-state index contributed by atoms with van der Waals surface area (Å²) in [6, 6.07) is 0. The standard InChI is InChI=1S/C46H78NO10P/c1-8-30-43-39(3)40(4)44(57-43)32-27-23-20-21-25-29-34-46(50)56-42(38-55-58(51,52)54-36-35-47(5,6)7)37-53-45(49)33-28-24-19-17-15-13-11-10-12-14-16-18-22-26-31-41(48)9-2/h11-14,17-19,22,41-42,48H,8-10,15-16,20-21,23-38H2,1-7H3/b13-11-,14-12-,19-17-,22-18-/t41-,42+/m0/s1. The molecule has 0 radical (unpaired) electrons. The van der Waals surface area contributed by atoms with Gasteiger partial charge in [-0.05, 0) is 95.6 Å². The van der Waals surface area contributed by atoms with Crippen LogP contribution in [0.5, 0.6) is 0 Å². The fraction of sp³-hybridized carbons (Fsp3) is 0.696. The first-order valence-corrected chi connectivity index (χ1v) is 23.2. The maximum atomic E-state index is 12.7. The quantitative estimate of drug-likeness (QED) is 0.0231. The molecule has 12 heteroatoms. The molecule has 332 valence electrons. The molecule has 0 saturated heterocycles. The van der Waals surface area contributed by atoms with Gasteiger partial charge in [0.25, 0.3) is 7.82 Å². The molecule has 58 heavy (non-hydrogen) atoms. The first kappa shape index (κ1) is 53.2. The average Bonchev–Trinajstić information content (AvgIpc) is 3.43. The molecule has 0 aromatic carbocycles. The summed E-state index contributed by atoms with van der Waals surface area (Å²) in [5.41, 5.74) is 2.55. The average molecular weight is 836 g/mol. The zero-order valence-corrected chi connectivity index (χ0v) is 37.9. The van der Waals surface area contributed by atoms with Crippen LogP contribution in [0.15, 0.2) is 53.0 Å². The number of phosphoric ester groups is 1. The molecule has 0 aliphatic rings. The minimum absolute atomic E-state index is 0.0563. The molecule has 11 nitrogen and oxygen atoms in total. The summed E-state index contributed by atoms with van der Waals surface area (Å²) < 4.78 is 40.0. The minimum atomic E-state index is -4.66. The molecule has 1 heterocycles. The predicted molar refractivity (Wildman–Crippen MR) is 231 cm³/mol. The van der Waals surface area contributed by atoms with E-state index >= 15 is 0 Å². The summed E-state index contributed by atoms with van der Waals surface area (Å²) >= 11 is 0. The smallest absolute Gasteiger partial charge is 0.306 e. The second-order valence-corrected chi connectivity index (χ2v) is 17.5. The second-order valence-electron chi connectivity index (χ2n) is 16.1. The van der Waals surface area contributed by atoms with Crippen molar-refractivity contribution < 1.29 is 51.6 Å². The van der Waals surface area contributed by atoms with Crippen LogP contribution in [0.4, 0.5) is 0 Å². The van der Waals surface area contributed by atoms with E-state index in [1.807, 2.05) is 34.1 Å². The van der Waals surface area contributed by atoms with Crippen LogP contribution >= 0.6 is 7.82 Å². The molecule has 1 N–H and O–H groups in total. The van der Waals surface area contributed by atoms with Crippen molar-refractivity contribution in [1.82, 2.24) is 0 Å². The highest BCUT2D eigenvalue weighted by molar-refractivity contribution is 7.45. The lowest BCUT2D eigenvalue weighted by molar-refractivity contribution is -0.870. The number of nitrogens with zero attached hydrogens (tertiary/aromatic N) is 1. The third-order valence-electron chi connectivity index (χ3n) is 9.69. The van der Waals surface area contributed by atoms with E-state index < -0.39 is 32.5 Å². The van der Waals surface area contributed by atoms with E-state index in [1.165, 1.54) is 11.1 Å². The molecular formula is C46H78NO10P. The maximum Gasteiger partial charge on any atom is 0.306 e. The normalized spacial score (nSPS) is 14.6. The summed E-state index contributed by atoms with van der Waals surface area (Å²) in [5, 5.41) is 9.57. The summed E-state index contributed by atoms with van der Waals surface area (Å²) in [5.74, 6) is 1.26. The Labute approximate surface area is 351 Å². The zero-order valence-electron chi connectivity index (χ0n) is 37.1. The van der Waals surface area contributed by atoms with Crippen LogP contribution in [-0.4, -0.2) is 81.2 Å². The molecule has 1 unspecified atom stereocenters. The number of aliphatic hydroxyl groups is 1. The predicted octanol–water partition coefficient (Wildman–Crippen LogP) is 9.90. The van der Waals surface area contributed by atoms with Crippen molar-refractivity contribution in [2.24, 2.45) is 0 Å². The van der Waals surface area contributed by atoms with Crippen molar-refractivity contribution in [3.63, 3.8) is 0 Å². The monoisotopic (exact) mass is 836 g/mol. The number of hydrogen-bond donors (Lipinski definition) is 1. The van der Waals surface area contributed by atoms with Gasteiger partial charge in [0.2, 0.25) is 0 Å². The number of rotatable bonds is 35. The number of carbonyl (C=O) groups is 2. The molecule has 0 fully saturated rings. The lowest BCUT2D eigenvalue weighted by Crippen LogP contribution is -2.37. The van der Waals surface area contributed by atoms with E-state index in [9.17, 15) is 24.2 Å². The van der Waals surface area contributed by atoms with Gasteiger partial charge in [0.05, 0.1) is 33.9 Å². The van der Waals surface area contributed by atoms with Gasteiger partial charge in [-0.15, -0.1) is 0 Å². The van der Waals surface area contributed by atoms with E-state index in [2.05, 4.69) is 63.3 Å². The van der Waals surface area contributed by atoms with Crippen molar-refractivity contribution >= 4 is 19.8 Å². The van der Waals surface area contributed by atoms with Crippen molar-refractivity contribution in [2.75, 3.05) is 47.5 Å². The number of ether oxygens (including phenoxy) is 2. The number of carbonyl (C=O) groups excluding carboxylic acids is 2. The van der Waals surface area contributed by atoms with E-state index in [1.54, 1.807) is 0 Å². The molecule has 0 bridgehead atoms. The van der Waals surface area contributed by atoms with Crippen LogP contribution in [0.25, 0.3) is 0 Å². The molecule has 0 aliphatic heterocycles. The first-order chi connectivity index (χ1) is 27.7. The van der Waals surface area contributed by atoms with Gasteiger partial charge in [0.15, 0.2) is 6.10 Å². The van der Waals surface area contributed by atoms with Crippen LogP contribution < -0.4 is 4.89 Å². The van der Waals surface area contributed by atoms with E-state index in [4.69, 9.17) is 22.9 Å². The Kier molecular flexibility index (Phi) is 29.4. The number of allylic oxidation sites excluding steroid dienone is 8. The second kappa shape index (κ2) is 32.0. The highest BCUT2D eigenvalue weighted by Crippen LogP contribution is 2.38. The maximum absolute atomic E-state index is 12.7. The van der Waals surface area contributed by atoms with Crippen LogP contribution in [-0.2, 0) is 45.5 Å². The van der Waals surface area contributed by atoms with Gasteiger partial charge in [-0.25, -0.2) is 0 Å². The number of unbranched alkanes of at least 4 members (excludes halogenated alkanes) is 6. The van der Waals surface area contributed by atoms with Gasteiger partial charge in [0.1, 0.15) is 31.3 Å². The molecule has 0 saturated carbocycles. The largest absolute Gasteiger partial charge is 0.756 e. The molecule has 0 aliphatic carbocycles. The van der Waals surface area contributed by atoms with Gasteiger partial charge in [-0.3, -0.25) is 14.2 Å². The fourth-order valence-electron chi connectivity index (χ4n) is 5.85. The lowest BCUT2D eigenvalue weighted by atomic mass is 10.0. The summed E-state index contributed by atoms with van der Waals surface area (Å²) in [7, 11) is 1.08. The Morgan fingerprint density at radius 3 is 1.90 bits per heavy atom. The number of quaternary nitrogens is 1. The van der Waals surface area contributed by atoms with Crippen molar-refractivity contribution in [3.8, 4) is 0 Å². The Balaban J connectivity index is 2.41. The van der Waals surface area contributed by atoms with Crippen molar-refractivity contribution in [1.29, 1.82) is 0 Å². The van der Waals surface area contributed by atoms with Gasteiger partial charge in [-0.1, -0.05) is 88.1 Å². The first-order valence-electron chi connectivity index (χ1n) is 21.8. The number of hydrogen-bond acceptors (Lipinski definition) is 10. The van der Waals surface area contributed by atoms with Crippen LogP contribution in [0.2, 0.25) is 0 Å². The number of likely N-dealkylation sites (N-methyl/N-ethyl adjacent to an activating group) is 1. The molecule has 3 atom stereocenters. The third-order valence-corrected chi connectivity index (χ3v) is 10.7. The molecule has 0 spiro atoms. The van der Waals surface area contributed by atoms with Crippen LogP contribution in [0, 0.1) is 13.8 Å². The Morgan fingerprint density at radius 2 is 1.29 bits per heavy atom. The number of furan rings is 1. The molecule has 1 aromatic rings. The molecular weight excluding hydrogens is 757 g/mol. The Bertz CT molecular complexity index is 1420. The topological polar surface area (TPSA) is 145 Å². The number of aliphatic hydroxyl groups excluding tert-OH is 1. The van der Waals surface area contributed by atoms with Crippen LogP contribution in [0.1, 0.15) is 146 Å². The van der Waals surface area contributed by atoms with E-state index in [0.29, 0.717) is 30.3 Å². The number of phosphoric acid groups is 1. The molecule has 0 amide bonds. The molecule has 1 rings (SSSR count). The highest BCUT2D eigenvalue weighted by Gasteiger charge is 2.22. The Morgan fingerprint density at radius 1 is 0.741 bits per heavy atom. The van der Waals surface area contributed by atoms with Crippen molar-refractivity contribution in [3.05, 3.63) is 71.3 Å². The zero-order chi connectivity index (χ0) is 43.1. The summed E-state index contributed by atoms with van der Waals surface area (Å²) in [6.07, 6.45) is 30.9. The number of esters is 2. The van der Waals surface area contributed by atoms with E-state index in [0.717, 1.165) is 101 Å². The van der Waals surface area contributed by atoms with Gasteiger partial charge in [0, 0.05) is 25.7 Å². The van der Waals surface area contributed by atoms with Gasteiger partial charge >= 0.3 is 11.9 Å². The number of aryl methyl sites for hydroxylation is 2. The van der Waals surface area contributed by atoms with Crippen LogP contribution in [0.3, 0.4) is 0 Å². The fourth-order valence-corrected chi connectivity index (χ4v) is 6.58. The summed E-state index contributed by atoms with van der Waals surface area (Å²) in [6.45, 7) is 8.00. The summed E-state index contributed by atoms with van der Waals surface area (Å²) in [4.78, 5) is 37.6. The highest BCUT2D eigenvalue weighted by atomic mass is 31.2. The third kappa shape index (κ3) is 28.6.